The van der Waals surface area contributed by atoms with Crippen LogP contribution in [0, 0.1) is 5.92 Å². The van der Waals surface area contributed by atoms with Gasteiger partial charge in [-0.1, -0.05) is 22.9 Å². The lowest BCUT2D eigenvalue weighted by molar-refractivity contribution is -0.155. The fraction of sp³-hybridized carbons (Fsp3) is 0.739. The van der Waals surface area contributed by atoms with Gasteiger partial charge >= 0.3 is 0 Å². The van der Waals surface area contributed by atoms with Crippen molar-refractivity contribution in [2.24, 2.45) is 5.92 Å². The van der Waals surface area contributed by atoms with Crippen LogP contribution in [0.1, 0.15) is 25.7 Å². The molecule has 0 radical (unpaired) electrons. The van der Waals surface area contributed by atoms with Gasteiger partial charge in [-0.3, -0.25) is 14.5 Å². The first-order valence-electron chi connectivity index (χ1n) is 11.8. The number of nitrogens with zero attached hydrogens (tertiary/aromatic N) is 3. The number of morpholine rings is 1. The number of piperazine rings is 1. The lowest BCUT2D eigenvalue weighted by atomic mass is 9.84. The highest BCUT2D eigenvalue weighted by molar-refractivity contribution is 7.17. The van der Waals surface area contributed by atoms with Crippen molar-refractivity contribution in [1.82, 2.24) is 14.7 Å². The summed E-state index contributed by atoms with van der Waals surface area (Å²) in [5, 5.41) is 0.592. The van der Waals surface area contributed by atoms with Gasteiger partial charge in [-0.2, -0.15) is 0 Å². The number of hydrogen-bond acceptors (Lipinski definition) is 7. The smallest absolute Gasteiger partial charge is 0.261 e. The van der Waals surface area contributed by atoms with Crippen molar-refractivity contribution in [3.05, 3.63) is 16.5 Å². The minimum absolute atomic E-state index is 0.0223. The highest BCUT2D eigenvalue weighted by atomic mass is 35.5. The number of amides is 2. The molecule has 2 amide bonds. The summed E-state index contributed by atoms with van der Waals surface area (Å²) in [6, 6.07) is 3.52. The maximum Gasteiger partial charge on any atom is 0.261 e. The lowest BCUT2D eigenvalue weighted by Gasteiger charge is -2.43. The number of ether oxygens (including phenoxy) is 3. The molecule has 0 aromatic carbocycles. The third-order valence-electron chi connectivity index (χ3n) is 6.97. The first-order valence-corrected chi connectivity index (χ1v) is 13.0. The summed E-state index contributed by atoms with van der Waals surface area (Å²) in [6.07, 6.45) is 4.65. The molecule has 3 heterocycles. The van der Waals surface area contributed by atoms with Gasteiger partial charge in [-0.15, -0.1) is 0 Å². The molecule has 1 aromatic rings. The molecule has 1 aliphatic carbocycles. The summed E-state index contributed by atoms with van der Waals surface area (Å²) in [7, 11) is 1.56. The topological polar surface area (TPSA) is 71.6 Å². The van der Waals surface area contributed by atoms with Gasteiger partial charge in [-0.05, 0) is 43.7 Å². The van der Waals surface area contributed by atoms with Crippen molar-refractivity contribution in [1.29, 1.82) is 0 Å². The maximum atomic E-state index is 13.3. The zero-order valence-corrected chi connectivity index (χ0v) is 20.8. The Balaban J connectivity index is 1.27. The number of carbonyl (C=O) groups excluding carboxylic acids is 2. The highest BCUT2D eigenvalue weighted by Crippen LogP contribution is 2.30. The number of halogens is 1. The Labute approximate surface area is 204 Å². The number of thiophene rings is 1. The van der Waals surface area contributed by atoms with E-state index in [0.29, 0.717) is 34.4 Å². The summed E-state index contributed by atoms with van der Waals surface area (Å²) < 4.78 is 17.0. The van der Waals surface area contributed by atoms with Gasteiger partial charge in [0.25, 0.3) is 5.91 Å². The first kappa shape index (κ1) is 24.7. The van der Waals surface area contributed by atoms with Gasteiger partial charge in [-0.25, -0.2) is 0 Å². The van der Waals surface area contributed by atoms with Crippen LogP contribution in [0.3, 0.4) is 0 Å². The minimum atomic E-state index is -0.600. The van der Waals surface area contributed by atoms with Gasteiger partial charge < -0.3 is 24.0 Å². The van der Waals surface area contributed by atoms with E-state index in [2.05, 4.69) is 4.90 Å². The van der Waals surface area contributed by atoms with Crippen LogP contribution in [-0.4, -0.2) is 105 Å². The molecule has 2 aliphatic heterocycles. The summed E-state index contributed by atoms with van der Waals surface area (Å²) in [4.78, 5) is 32.2. The van der Waals surface area contributed by atoms with Crippen LogP contribution in [0.15, 0.2) is 12.1 Å². The number of methoxy groups -OCH3 is 1. The molecule has 10 heteroatoms. The molecule has 184 valence electrons. The highest BCUT2D eigenvalue weighted by Gasteiger charge is 2.39. The van der Waals surface area contributed by atoms with E-state index in [1.165, 1.54) is 24.2 Å². The zero-order chi connectivity index (χ0) is 23.2. The van der Waals surface area contributed by atoms with Gasteiger partial charge in [0.15, 0.2) is 11.7 Å². The van der Waals surface area contributed by atoms with Crippen molar-refractivity contribution in [3.63, 3.8) is 0 Å². The maximum absolute atomic E-state index is 13.3. The number of rotatable bonds is 8. The monoisotopic (exact) mass is 499 g/mol. The van der Waals surface area contributed by atoms with Crippen molar-refractivity contribution in [2.75, 3.05) is 66.3 Å². The average Bonchev–Trinajstić information content (AvgIpc) is 3.26. The third-order valence-corrected chi connectivity index (χ3v) is 8.12. The van der Waals surface area contributed by atoms with E-state index in [1.807, 2.05) is 4.90 Å². The largest absolute Gasteiger partial charge is 0.474 e. The molecule has 1 atom stereocenters. The van der Waals surface area contributed by atoms with Crippen LogP contribution in [0.2, 0.25) is 4.34 Å². The molecule has 33 heavy (non-hydrogen) atoms. The average molecular weight is 500 g/mol. The van der Waals surface area contributed by atoms with Crippen LogP contribution < -0.4 is 4.74 Å². The van der Waals surface area contributed by atoms with E-state index < -0.39 is 6.04 Å². The lowest BCUT2D eigenvalue weighted by Crippen LogP contribution is -2.61. The predicted molar refractivity (Wildman–Crippen MR) is 127 cm³/mol. The Bertz CT molecular complexity index is 795. The van der Waals surface area contributed by atoms with E-state index in [1.54, 1.807) is 24.1 Å². The molecule has 1 aromatic heterocycles. The van der Waals surface area contributed by atoms with Crippen molar-refractivity contribution < 1.29 is 23.8 Å². The fourth-order valence-corrected chi connectivity index (χ4v) is 6.05. The molecule has 3 fully saturated rings. The Kier molecular flexibility index (Phi) is 8.87. The van der Waals surface area contributed by atoms with Crippen LogP contribution in [-0.2, 0) is 19.1 Å². The van der Waals surface area contributed by atoms with Gasteiger partial charge in [0.2, 0.25) is 5.91 Å². The normalized spacial score (nSPS) is 27.1. The van der Waals surface area contributed by atoms with E-state index in [9.17, 15) is 9.59 Å². The van der Waals surface area contributed by atoms with Crippen LogP contribution in [0.4, 0.5) is 0 Å². The molecular weight excluding hydrogens is 466 g/mol. The van der Waals surface area contributed by atoms with Gasteiger partial charge in [0, 0.05) is 45.9 Å². The third kappa shape index (κ3) is 6.39. The fourth-order valence-electron chi connectivity index (χ4n) is 5.18. The SMILES string of the molecule is COCC1C(=O)N(CC2CCC(N3CCOCC3)CC2)CCN1C(=O)COc1ccc(Cl)s1. The zero-order valence-electron chi connectivity index (χ0n) is 19.2. The van der Waals surface area contributed by atoms with Gasteiger partial charge in [0.1, 0.15) is 6.04 Å². The molecule has 8 nitrogen and oxygen atoms in total. The molecule has 1 saturated carbocycles. The Morgan fingerprint density at radius 3 is 2.58 bits per heavy atom. The Morgan fingerprint density at radius 1 is 1.15 bits per heavy atom. The molecule has 1 unspecified atom stereocenters. The molecule has 3 aliphatic rings. The van der Waals surface area contributed by atoms with E-state index >= 15 is 0 Å². The molecule has 0 bridgehead atoms. The van der Waals surface area contributed by atoms with Gasteiger partial charge in [0.05, 0.1) is 24.2 Å². The van der Waals surface area contributed by atoms with Crippen LogP contribution >= 0.6 is 22.9 Å². The summed E-state index contributed by atoms with van der Waals surface area (Å²) >= 11 is 7.20. The van der Waals surface area contributed by atoms with Crippen molar-refractivity contribution in [3.8, 4) is 5.06 Å². The quantitative estimate of drug-likeness (QED) is 0.547. The second kappa shape index (κ2) is 11.8. The van der Waals surface area contributed by atoms with Crippen LogP contribution in [0.25, 0.3) is 0 Å². The first-order chi connectivity index (χ1) is 16.0. The van der Waals surface area contributed by atoms with Crippen molar-refractivity contribution >= 4 is 34.8 Å². The second-order valence-electron chi connectivity index (χ2n) is 9.01. The molecule has 0 N–H and O–H groups in total. The summed E-state index contributed by atoms with van der Waals surface area (Å²) in [5.41, 5.74) is 0. The Hall–Kier alpha value is -1.39. The Morgan fingerprint density at radius 2 is 1.91 bits per heavy atom. The summed E-state index contributed by atoms with van der Waals surface area (Å²) in [5.74, 6) is 0.287. The molecular formula is C23H34ClN3O5S. The molecule has 4 rings (SSSR count). The second-order valence-corrected chi connectivity index (χ2v) is 10.7. The molecule has 2 saturated heterocycles. The number of hydrogen-bond donors (Lipinski definition) is 0. The van der Waals surface area contributed by atoms with E-state index in [4.69, 9.17) is 25.8 Å². The van der Waals surface area contributed by atoms with Crippen LogP contribution in [0.5, 0.6) is 5.06 Å². The summed E-state index contributed by atoms with van der Waals surface area (Å²) in [6.45, 7) is 5.63. The standard InChI is InChI=1S/C23H34ClN3O5S/c1-30-15-19-23(29)26(8-9-27(19)21(28)16-32-22-7-6-20(24)33-22)14-17-2-4-18(5-3-17)25-10-12-31-13-11-25/h6-7,17-19H,2-5,8-16H2,1H3. The number of carbonyl (C=O) groups is 2. The minimum Gasteiger partial charge on any atom is -0.474 e. The van der Waals surface area contributed by atoms with E-state index in [-0.39, 0.29) is 25.0 Å². The predicted octanol–water partition coefficient (Wildman–Crippen LogP) is 2.36. The van der Waals surface area contributed by atoms with Crippen molar-refractivity contribution in [2.45, 2.75) is 37.8 Å². The molecule has 0 spiro atoms. The van der Waals surface area contributed by atoms with E-state index in [0.717, 1.165) is 45.7 Å².